The standard InChI is InChI=1S/C11H21O4/c1-2-3-10(6-12)4-5-11(7-13,8-14)9-15/h10,13-15H,2-5,7-9H2,1H3. The summed E-state index contributed by atoms with van der Waals surface area (Å²) >= 11 is 0. The average Bonchev–Trinajstić information content (AvgIpc) is 2.30. The minimum absolute atomic E-state index is 0.154. The molecule has 0 amide bonds. The van der Waals surface area contributed by atoms with Gasteiger partial charge in [0.15, 0.2) is 0 Å². The molecule has 0 aromatic heterocycles. The van der Waals surface area contributed by atoms with Crippen molar-refractivity contribution in [1.82, 2.24) is 0 Å². The molecule has 4 nitrogen and oxygen atoms in total. The lowest BCUT2D eigenvalue weighted by molar-refractivity contribution is -0.00356. The van der Waals surface area contributed by atoms with Gasteiger partial charge in [0.1, 0.15) is 0 Å². The summed E-state index contributed by atoms with van der Waals surface area (Å²) in [4.78, 5) is 10.6. The van der Waals surface area contributed by atoms with Gasteiger partial charge in [-0.3, -0.25) is 4.79 Å². The van der Waals surface area contributed by atoms with Gasteiger partial charge in [0.25, 0.3) is 0 Å². The molecule has 0 spiro atoms. The molecular weight excluding hydrogens is 196 g/mol. The Morgan fingerprint density at radius 3 is 2.00 bits per heavy atom. The summed E-state index contributed by atoms with van der Waals surface area (Å²) < 4.78 is 0. The van der Waals surface area contributed by atoms with Gasteiger partial charge >= 0.3 is 0 Å². The van der Waals surface area contributed by atoms with Crippen LogP contribution in [-0.2, 0) is 4.79 Å². The van der Waals surface area contributed by atoms with Gasteiger partial charge in [0.2, 0.25) is 6.29 Å². The first-order valence-electron chi connectivity index (χ1n) is 5.38. The van der Waals surface area contributed by atoms with Crippen LogP contribution in [0.15, 0.2) is 0 Å². The van der Waals surface area contributed by atoms with E-state index >= 15 is 0 Å². The van der Waals surface area contributed by atoms with E-state index < -0.39 is 5.41 Å². The van der Waals surface area contributed by atoms with E-state index in [-0.39, 0.29) is 25.7 Å². The Kier molecular flexibility index (Phi) is 7.56. The third kappa shape index (κ3) is 4.73. The normalized spacial score (nSPS) is 13.9. The summed E-state index contributed by atoms with van der Waals surface area (Å²) in [5.41, 5.74) is -0.858. The highest BCUT2D eigenvalue weighted by atomic mass is 16.3. The molecule has 1 unspecified atom stereocenters. The Morgan fingerprint density at radius 1 is 1.13 bits per heavy atom. The Hall–Kier alpha value is -0.450. The topological polar surface area (TPSA) is 77.8 Å². The second-order valence-corrected chi connectivity index (χ2v) is 4.12. The van der Waals surface area contributed by atoms with Crippen LogP contribution in [0.3, 0.4) is 0 Å². The van der Waals surface area contributed by atoms with Gasteiger partial charge in [-0.25, -0.2) is 0 Å². The van der Waals surface area contributed by atoms with Gasteiger partial charge in [-0.15, -0.1) is 0 Å². The van der Waals surface area contributed by atoms with Gasteiger partial charge in [-0.05, 0) is 19.3 Å². The van der Waals surface area contributed by atoms with E-state index in [2.05, 4.69) is 0 Å². The molecule has 0 aliphatic carbocycles. The highest BCUT2D eigenvalue weighted by molar-refractivity contribution is 5.54. The van der Waals surface area contributed by atoms with Crippen molar-refractivity contribution in [1.29, 1.82) is 0 Å². The van der Waals surface area contributed by atoms with Crippen LogP contribution in [0.1, 0.15) is 32.6 Å². The van der Waals surface area contributed by atoms with Gasteiger partial charge < -0.3 is 15.3 Å². The predicted octanol–water partition coefficient (Wildman–Crippen LogP) is 0.256. The average molecular weight is 217 g/mol. The lowest BCUT2D eigenvalue weighted by atomic mass is 9.82. The molecule has 0 bridgehead atoms. The van der Waals surface area contributed by atoms with Crippen molar-refractivity contribution in [2.24, 2.45) is 11.3 Å². The number of rotatable bonds is 9. The molecule has 4 heteroatoms. The van der Waals surface area contributed by atoms with Crippen LogP contribution in [0.4, 0.5) is 0 Å². The van der Waals surface area contributed by atoms with Crippen molar-refractivity contribution < 1.29 is 20.1 Å². The van der Waals surface area contributed by atoms with Crippen LogP contribution in [-0.4, -0.2) is 41.4 Å². The molecule has 0 rings (SSSR count). The summed E-state index contributed by atoms with van der Waals surface area (Å²) in [6.07, 6.45) is 4.62. The minimum atomic E-state index is -0.858. The first-order chi connectivity index (χ1) is 7.17. The van der Waals surface area contributed by atoms with Gasteiger partial charge in [0.05, 0.1) is 19.8 Å². The Bertz CT molecular complexity index is 158. The number of hydrogen-bond acceptors (Lipinski definition) is 4. The molecule has 1 radical (unpaired) electrons. The molecule has 0 aromatic rings. The number of hydrogen-bond donors (Lipinski definition) is 3. The van der Waals surface area contributed by atoms with Gasteiger partial charge in [0, 0.05) is 11.3 Å². The predicted molar refractivity (Wildman–Crippen MR) is 57.0 cm³/mol. The van der Waals surface area contributed by atoms with E-state index in [1.165, 1.54) is 0 Å². The highest BCUT2D eigenvalue weighted by Crippen LogP contribution is 2.25. The summed E-state index contributed by atoms with van der Waals surface area (Å²) in [6, 6.07) is 0. The SMILES string of the molecule is CCCC([C]=O)CCC(CO)(CO)CO. The second-order valence-electron chi connectivity index (χ2n) is 4.12. The van der Waals surface area contributed by atoms with Crippen LogP contribution in [0.2, 0.25) is 0 Å². The summed E-state index contributed by atoms with van der Waals surface area (Å²) in [7, 11) is 0. The highest BCUT2D eigenvalue weighted by Gasteiger charge is 2.28. The molecule has 0 fully saturated rings. The molecular formula is C11H21O4. The fourth-order valence-electron chi connectivity index (χ4n) is 1.48. The van der Waals surface area contributed by atoms with Gasteiger partial charge in [-0.2, -0.15) is 0 Å². The summed E-state index contributed by atoms with van der Waals surface area (Å²) in [6.45, 7) is 1.19. The zero-order valence-corrected chi connectivity index (χ0v) is 9.28. The molecule has 0 aliphatic heterocycles. The maximum absolute atomic E-state index is 10.6. The van der Waals surface area contributed by atoms with Crippen molar-refractivity contribution in [2.45, 2.75) is 32.6 Å². The van der Waals surface area contributed by atoms with E-state index in [9.17, 15) is 4.79 Å². The molecule has 0 saturated heterocycles. The third-order valence-corrected chi connectivity index (χ3v) is 2.83. The zero-order valence-electron chi connectivity index (χ0n) is 9.28. The van der Waals surface area contributed by atoms with Crippen LogP contribution in [0, 0.1) is 11.3 Å². The monoisotopic (exact) mass is 217 g/mol. The minimum Gasteiger partial charge on any atom is -0.396 e. The van der Waals surface area contributed by atoms with Gasteiger partial charge in [-0.1, -0.05) is 13.3 Å². The van der Waals surface area contributed by atoms with E-state index in [1.54, 1.807) is 0 Å². The van der Waals surface area contributed by atoms with Crippen LogP contribution >= 0.6 is 0 Å². The first-order valence-corrected chi connectivity index (χ1v) is 5.38. The van der Waals surface area contributed by atoms with E-state index in [0.717, 1.165) is 12.8 Å². The van der Waals surface area contributed by atoms with Crippen molar-refractivity contribution in [2.75, 3.05) is 19.8 Å². The van der Waals surface area contributed by atoms with Crippen molar-refractivity contribution in [3.8, 4) is 0 Å². The molecule has 0 aliphatic rings. The van der Waals surface area contributed by atoms with Crippen molar-refractivity contribution >= 4 is 6.29 Å². The van der Waals surface area contributed by atoms with E-state index in [4.69, 9.17) is 15.3 Å². The maximum Gasteiger partial charge on any atom is 0.201 e. The first kappa shape index (κ1) is 14.6. The lowest BCUT2D eigenvalue weighted by Crippen LogP contribution is -2.34. The molecule has 0 heterocycles. The van der Waals surface area contributed by atoms with Crippen molar-refractivity contribution in [3.63, 3.8) is 0 Å². The van der Waals surface area contributed by atoms with Crippen LogP contribution in [0.5, 0.6) is 0 Å². The zero-order chi connectivity index (χ0) is 11.7. The van der Waals surface area contributed by atoms with Crippen LogP contribution < -0.4 is 0 Å². The fraction of sp³-hybridized carbons (Fsp3) is 0.909. The van der Waals surface area contributed by atoms with Crippen LogP contribution in [0.25, 0.3) is 0 Å². The third-order valence-electron chi connectivity index (χ3n) is 2.83. The largest absolute Gasteiger partial charge is 0.396 e. The number of aliphatic hydroxyl groups is 3. The summed E-state index contributed by atoms with van der Waals surface area (Å²) in [5.74, 6) is -0.154. The summed E-state index contributed by atoms with van der Waals surface area (Å²) in [5, 5.41) is 27.2. The smallest absolute Gasteiger partial charge is 0.201 e. The number of aliphatic hydroxyl groups excluding tert-OH is 3. The van der Waals surface area contributed by atoms with E-state index in [0.29, 0.717) is 12.8 Å². The molecule has 15 heavy (non-hydrogen) atoms. The fourth-order valence-corrected chi connectivity index (χ4v) is 1.48. The number of carbonyl (C=O) groups excluding carboxylic acids is 1. The Balaban J connectivity index is 4.12. The van der Waals surface area contributed by atoms with E-state index in [1.807, 2.05) is 13.2 Å². The quantitative estimate of drug-likeness (QED) is 0.517. The molecule has 89 valence electrons. The maximum atomic E-state index is 10.6. The second kappa shape index (κ2) is 7.79. The molecule has 0 aromatic carbocycles. The lowest BCUT2D eigenvalue weighted by Gasteiger charge is -2.28. The molecule has 0 saturated carbocycles. The van der Waals surface area contributed by atoms with Crippen molar-refractivity contribution in [3.05, 3.63) is 0 Å². The molecule has 3 N–H and O–H groups in total. The Morgan fingerprint density at radius 2 is 1.67 bits per heavy atom. The molecule has 1 atom stereocenters. The Labute approximate surface area is 90.9 Å².